The van der Waals surface area contributed by atoms with Crippen LogP contribution in [0.5, 0.6) is 0 Å². The summed E-state index contributed by atoms with van der Waals surface area (Å²) >= 11 is 0. The van der Waals surface area contributed by atoms with Crippen LogP contribution in [-0.2, 0) is 6.61 Å². The number of hydrogen-bond acceptors (Lipinski definition) is 4. The fraction of sp³-hybridized carbons (Fsp3) is 0.182. The second-order valence-corrected chi connectivity index (χ2v) is 3.36. The minimum Gasteiger partial charge on any atom is -0.390 e. The van der Waals surface area contributed by atoms with E-state index in [1.807, 2.05) is 30.3 Å². The number of nitrogens with zero attached hydrogens (tertiary/aromatic N) is 3. The first-order valence-corrected chi connectivity index (χ1v) is 5.11. The predicted octanol–water partition coefficient (Wildman–Crippen LogP) is 0.119. The number of carbonyl (C=O) groups excluding carboxylic acids is 1. The molecule has 2 rings (SSSR count). The predicted molar refractivity (Wildman–Crippen MR) is 60.7 cm³/mol. The summed E-state index contributed by atoms with van der Waals surface area (Å²) in [5.41, 5.74) is 1.13. The van der Waals surface area contributed by atoms with Crippen molar-refractivity contribution in [3.8, 4) is 5.69 Å². The van der Waals surface area contributed by atoms with Crippen LogP contribution in [0.3, 0.4) is 0 Å². The molecule has 0 unspecified atom stereocenters. The van der Waals surface area contributed by atoms with Gasteiger partial charge in [-0.05, 0) is 12.1 Å². The van der Waals surface area contributed by atoms with Gasteiger partial charge < -0.3 is 10.4 Å². The number of aliphatic hydroxyl groups excluding tert-OH is 1. The number of carbonyl (C=O) groups is 1. The first kappa shape index (κ1) is 11.3. The van der Waals surface area contributed by atoms with Crippen molar-refractivity contribution >= 4 is 5.91 Å². The van der Waals surface area contributed by atoms with Gasteiger partial charge >= 0.3 is 0 Å². The third kappa shape index (κ3) is 2.16. The van der Waals surface area contributed by atoms with E-state index in [-0.39, 0.29) is 23.9 Å². The summed E-state index contributed by atoms with van der Waals surface area (Å²) in [5, 5.41) is 19.7. The molecule has 0 radical (unpaired) electrons. The van der Waals surface area contributed by atoms with E-state index in [2.05, 4.69) is 15.5 Å². The van der Waals surface area contributed by atoms with E-state index in [9.17, 15) is 4.79 Å². The van der Waals surface area contributed by atoms with Gasteiger partial charge in [-0.3, -0.25) is 4.79 Å². The van der Waals surface area contributed by atoms with E-state index >= 15 is 0 Å². The lowest BCUT2D eigenvalue weighted by molar-refractivity contribution is 0.0954. The maximum atomic E-state index is 11.5. The Morgan fingerprint density at radius 3 is 2.65 bits per heavy atom. The monoisotopic (exact) mass is 232 g/mol. The number of rotatable bonds is 3. The second kappa shape index (κ2) is 4.75. The quantitative estimate of drug-likeness (QED) is 0.787. The summed E-state index contributed by atoms with van der Waals surface area (Å²) in [6, 6.07) is 9.19. The standard InChI is InChI=1S/C11H12N4O2/c1-12-11(17)10-9(7-16)13-15(14-10)8-5-3-2-4-6-8/h2-6,16H,7H2,1H3,(H,12,17). The maximum absolute atomic E-state index is 11.5. The van der Waals surface area contributed by atoms with Crippen molar-refractivity contribution in [1.82, 2.24) is 20.3 Å². The maximum Gasteiger partial charge on any atom is 0.273 e. The molecule has 0 saturated carbocycles. The van der Waals surface area contributed by atoms with Crippen molar-refractivity contribution < 1.29 is 9.90 Å². The average Bonchev–Trinajstić information content (AvgIpc) is 2.83. The average molecular weight is 232 g/mol. The van der Waals surface area contributed by atoms with Crippen molar-refractivity contribution in [2.24, 2.45) is 0 Å². The fourth-order valence-electron chi connectivity index (χ4n) is 1.41. The molecule has 1 aromatic carbocycles. The first-order valence-electron chi connectivity index (χ1n) is 5.11. The highest BCUT2D eigenvalue weighted by atomic mass is 16.3. The summed E-state index contributed by atoms with van der Waals surface area (Å²) in [6.45, 7) is -0.324. The first-order chi connectivity index (χ1) is 8.26. The van der Waals surface area contributed by atoms with E-state index in [1.165, 1.54) is 11.8 Å². The molecular weight excluding hydrogens is 220 g/mol. The fourth-order valence-corrected chi connectivity index (χ4v) is 1.41. The number of para-hydroxylation sites is 1. The Kier molecular flexibility index (Phi) is 3.15. The van der Waals surface area contributed by atoms with Crippen molar-refractivity contribution in [2.75, 3.05) is 7.05 Å². The molecule has 0 atom stereocenters. The number of aliphatic hydroxyl groups is 1. The summed E-state index contributed by atoms with van der Waals surface area (Å²) in [5.74, 6) is -0.365. The number of benzene rings is 1. The van der Waals surface area contributed by atoms with Crippen LogP contribution >= 0.6 is 0 Å². The second-order valence-electron chi connectivity index (χ2n) is 3.36. The van der Waals surface area contributed by atoms with Crippen LogP contribution in [0.25, 0.3) is 5.69 Å². The highest BCUT2D eigenvalue weighted by Crippen LogP contribution is 2.08. The van der Waals surface area contributed by atoms with Gasteiger partial charge in [-0.2, -0.15) is 4.80 Å². The number of hydrogen-bond donors (Lipinski definition) is 2. The van der Waals surface area contributed by atoms with Gasteiger partial charge in [0, 0.05) is 7.05 Å². The van der Waals surface area contributed by atoms with E-state index in [0.29, 0.717) is 0 Å². The Hall–Kier alpha value is -2.21. The van der Waals surface area contributed by atoms with Crippen LogP contribution < -0.4 is 5.32 Å². The summed E-state index contributed by atoms with van der Waals surface area (Å²) in [4.78, 5) is 12.8. The molecule has 0 aliphatic heterocycles. The topological polar surface area (TPSA) is 80.0 Å². The molecule has 6 nitrogen and oxygen atoms in total. The third-order valence-electron chi connectivity index (χ3n) is 2.26. The van der Waals surface area contributed by atoms with Gasteiger partial charge in [0.25, 0.3) is 5.91 Å². The van der Waals surface area contributed by atoms with E-state index < -0.39 is 0 Å². The molecule has 0 saturated heterocycles. The number of aromatic nitrogens is 3. The van der Waals surface area contributed by atoms with Crippen LogP contribution in [0.15, 0.2) is 30.3 Å². The highest BCUT2D eigenvalue weighted by Gasteiger charge is 2.17. The molecule has 2 aromatic rings. The zero-order valence-electron chi connectivity index (χ0n) is 9.29. The van der Waals surface area contributed by atoms with E-state index in [1.54, 1.807) is 0 Å². The molecule has 1 amide bonds. The lowest BCUT2D eigenvalue weighted by atomic mass is 10.3. The lowest BCUT2D eigenvalue weighted by Gasteiger charge is -1.97. The van der Waals surface area contributed by atoms with Crippen LogP contribution in [0, 0.1) is 0 Å². The molecule has 0 bridgehead atoms. The molecule has 6 heteroatoms. The van der Waals surface area contributed by atoms with Crippen LogP contribution in [0.2, 0.25) is 0 Å². The summed E-state index contributed by atoms with van der Waals surface area (Å²) in [7, 11) is 1.50. The Bertz CT molecular complexity index is 522. The van der Waals surface area contributed by atoms with Gasteiger partial charge in [0.2, 0.25) is 0 Å². The van der Waals surface area contributed by atoms with Crippen molar-refractivity contribution in [2.45, 2.75) is 6.61 Å². The highest BCUT2D eigenvalue weighted by molar-refractivity contribution is 5.92. The largest absolute Gasteiger partial charge is 0.390 e. The third-order valence-corrected chi connectivity index (χ3v) is 2.26. The number of nitrogens with one attached hydrogen (secondary N) is 1. The molecule has 1 aromatic heterocycles. The minimum atomic E-state index is -0.365. The zero-order chi connectivity index (χ0) is 12.3. The molecule has 2 N–H and O–H groups in total. The molecule has 0 spiro atoms. The molecule has 0 fully saturated rings. The van der Waals surface area contributed by atoms with Crippen molar-refractivity contribution in [3.63, 3.8) is 0 Å². The van der Waals surface area contributed by atoms with Crippen LogP contribution in [-0.4, -0.2) is 33.1 Å². The Morgan fingerprint density at radius 1 is 1.35 bits per heavy atom. The van der Waals surface area contributed by atoms with Gasteiger partial charge in [0.15, 0.2) is 5.69 Å². The van der Waals surface area contributed by atoms with Crippen molar-refractivity contribution in [1.29, 1.82) is 0 Å². The van der Waals surface area contributed by atoms with Gasteiger partial charge in [-0.25, -0.2) is 0 Å². The molecule has 88 valence electrons. The van der Waals surface area contributed by atoms with Gasteiger partial charge in [0.1, 0.15) is 5.69 Å². The Morgan fingerprint density at radius 2 is 2.06 bits per heavy atom. The van der Waals surface area contributed by atoms with Crippen LogP contribution in [0.4, 0.5) is 0 Å². The molecule has 17 heavy (non-hydrogen) atoms. The molecular formula is C11H12N4O2. The Balaban J connectivity index is 2.45. The number of amides is 1. The smallest absolute Gasteiger partial charge is 0.273 e. The van der Waals surface area contributed by atoms with Gasteiger partial charge in [-0.1, -0.05) is 18.2 Å². The molecule has 1 heterocycles. The van der Waals surface area contributed by atoms with E-state index in [0.717, 1.165) is 5.69 Å². The summed E-state index contributed by atoms with van der Waals surface area (Å²) in [6.07, 6.45) is 0. The summed E-state index contributed by atoms with van der Waals surface area (Å²) < 4.78 is 0. The molecule has 0 aliphatic rings. The van der Waals surface area contributed by atoms with Gasteiger partial charge in [-0.15, -0.1) is 10.2 Å². The van der Waals surface area contributed by atoms with Gasteiger partial charge in [0.05, 0.1) is 12.3 Å². The normalized spacial score (nSPS) is 10.2. The minimum absolute atomic E-state index is 0.138. The van der Waals surface area contributed by atoms with Crippen molar-refractivity contribution in [3.05, 3.63) is 41.7 Å². The zero-order valence-corrected chi connectivity index (χ0v) is 9.29. The van der Waals surface area contributed by atoms with Crippen LogP contribution in [0.1, 0.15) is 16.2 Å². The Labute approximate surface area is 97.9 Å². The van der Waals surface area contributed by atoms with E-state index in [4.69, 9.17) is 5.11 Å². The molecule has 0 aliphatic carbocycles. The SMILES string of the molecule is CNC(=O)c1nn(-c2ccccc2)nc1CO. The lowest BCUT2D eigenvalue weighted by Crippen LogP contribution is -2.20.